The van der Waals surface area contributed by atoms with Gasteiger partial charge in [0, 0.05) is 26.2 Å². The summed E-state index contributed by atoms with van der Waals surface area (Å²) in [7, 11) is 3.55. The van der Waals surface area contributed by atoms with Crippen LogP contribution in [0.3, 0.4) is 0 Å². The molecule has 1 saturated heterocycles. The van der Waals surface area contributed by atoms with Crippen LogP contribution >= 0.6 is 24.0 Å². The molecular formula is C19H33IN4O. The standard InChI is InChI=1S/C19H32N4O.HI/c1-4-17(23-13-7-8-14-23)15-22-19(20-2)21-12-11-16-9-5-6-10-18(16)24-3;/h5-6,9-10,17H,4,7-8,11-15H2,1-3H3,(H2,20,21,22);1H. The molecule has 1 aliphatic heterocycles. The van der Waals surface area contributed by atoms with Crippen molar-refractivity contribution in [2.24, 2.45) is 4.99 Å². The molecule has 1 fully saturated rings. The molecule has 1 aromatic rings. The number of benzene rings is 1. The van der Waals surface area contributed by atoms with Gasteiger partial charge in [-0.15, -0.1) is 24.0 Å². The van der Waals surface area contributed by atoms with Crippen molar-refractivity contribution in [3.63, 3.8) is 0 Å². The number of halogens is 1. The third-order valence-electron chi connectivity index (χ3n) is 4.74. The summed E-state index contributed by atoms with van der Waals surface area (Å²) in [6.45, 7) is 6.52. The number of methoxy groups -OCH3 is 1. The summed E-state index contributed by atoms with van der Waals surface area (Å²) in [6.07, 6.45) is 4.75. The third kappa shape index (κ3) is 7.01. The van der Waals surface area contributed by atoms with Crippen LogP contribution in [-0.2, 0) is 6.42 Å². The van der Waals surface area contributed by atoms with Crippen LogP contribution < -0.4 is 15.4 Å². The Bertz CT molecular complexity index is 518. The highest BCUT2D eigenvalue weighted by Gasteiger charge is 2.20. The molecule has 0 radical (unpaired) electrons. The highest BCUT2D eigenvalue weighted by atomic mass is 127. The Morgan fingerprint density at radius 1 is 1.24 bits per heavy atom. The molecule has 2 N–H and O–H groups in total. The highest BCUT2D eigenvalue weighted by molar-refractivity contribution is 14.0. The van der Waals surface area contributed by atoms with E-state index in [1.807, 2.05) is 25.2 Å². The molecule has 0 spiro atoms. The van der Waals surface area contributed by atoms with Gasteiger partial charge in [-0.05, 0) is 50.4 Å². The fourth-order valence-electron chi connectivity index (χ4n) is 3.30. The van der Waals surface area contributed by atoms with Crippen LogP contribution in [0.1, 0.15) is 31.7 Å². The van der Waals surface area contributed by atoms with E-state index in [4.69, 9.17) is 4.74 Å². The number of likely N-dealkylation sites (tertiary alicyclic amines) is 1. The van der Waals surface area contributed by atoms with Crippen LogP contribution in [0.5, 0.6) is 5.75 Å². The maximum absolute atomic E-state index is 5.40. The van der Waals surface area contributed by atoms with E-state index in [0.29, 0.717) is 6.04 Å². The number of hydrogen-bond donors (Lipinski definition) is 2. The number of nitrogens with zero attached hydrogens (tertiary/aromatic N) is 2. The molecule has 142 valence electrons. The summed E-state index contributed by atoms with van der Waals surface area (Å²) in [5.41, 5.74) is 1.21. The molecule has 0 aromatic heterocycles. The van der Waals surface area contributed by atoms with Crippen molar-refractivity contribution in [1.82, 2.24) is 15.5 Å². The first-order chi connectivity index (χ1) is 11.8. The molecule has 1 unspecified atom stereocenters. The summed E-state index contributed by atoms with van der Waals surface area (Å²) in [6, 6.07) is 8.76. The van der Waals surface area contributed by atoms with Crippen LogP contribution in [-0.4, -0.2) is 57.2 Å². The molecule has 1 aromatic carbocycles. The molecule has 2 rings (SSSR count). The van der Waals surface area contributed by atoms with E-state index in [9.17, 15) is 0 Å². The summed E-state index contributed by atoms with van der Waals surface area (Å²) in [5, 5.41) is 6.88. The van der Waals surface area contributed by atoms with Crippen LogP contribution in [0.15, 0.2) is 29.3 Å². The average Bonchev–Trinajstić information content (AvgIpc) is 3.15. The largest absolute Gasteiger partial charge is 0.496 e. The van der Waals surface area contributed by atoms with Crippen LogP contribution in [0, 0.1) is 0 Å². The molecule has 0 bridgehead atoms. The first kappa shape index (κ1) is 22.0. The Hall–Kier alpha value is -1.02. The number of para-hydroxylation sites is 1. The fraction of sp³-hybridized carbons (Fsp3) is 0.632. The van der Waals surface area contributed by atoms with Crippen molar-refractivity contribution < 1.29 is 4.74 Å². The predicted molar refractivity (Wildman–Crippen MR) is 116 cm³/mol. The van der Waals surface area contributed by atoms with Gasteiger partial charge in [0.15, 0.2) is 5.96 Å². The zero-order chi connectivity index (χ0) is 17.2. The first-order valence-electron chi connectivity index (χ1n) is 9.09. The Kier molecular flexibility index (Phi) is 10.9. The smallest absolute Gasteiger partial charge is 0.191 e. The van der Waals surface area contributed by atoms with E-state index in [2.05, 4.69) is 33.5 Å². The van der Waals surface area contributed by atoms with Crippen molar-refractivity contribution in [3.05, 3.63) is 29.8 Å². The monoisotopic (exact) mass is 460 g/mol. The van der Waals surface area contributed by atoms with Crippen LogP contribution in [0.25, 0.3) is 0 Å². The quantitative estimate of drug-likeness (QED) is 0.356. The second-order valence-corrected chi connectivity index (χ2v) is 6.25. The molecule has 0 aliphatic carbocycles. The lowest BCUT2D eigenvalue weighted by Gasteiger charge is -2.27. The number of guanidine groups is 1. The zero-order valence-electron chi connectivity index (χ0n) is 15.8. The summed E-state index contributed by atoms with van der Waals surface area (Å²) < 4.78 is 5.40. The minimum atomic E-state index is 0. The summed E-state index contributed by atoms with van der Waals surface area (Å²) in [5.74, 6) is 1.82. The van der Waals surface area contributed by atoms with Crippen molar-refractivity contribution in [3.8, 4) is 5.75 Å². The van der Waals surface area contributed by atoms with E-state index < -0.39 is 0 Å². The van der Waals surface area contributed by atoms with Gasteiger partial charge in [0.1, 0.15) is 5.75 Å². The molecule has 6 heteroatoms. The van der Waals surface area contributed by atoms with Crippen molar-refractivity contribution >= 4 is 29.9 Å². The molecule has 25 heavy (non-hydrogen) atoms. The highest BCUT2D eigenvalue weighted by Crippen LogP contribution is 2.17. The van der Waals surface area contributed by atoms with Gasteiger partial charge in [0.25, 0.3) is 0 Å². The normalized spacial score (nSPS) is 16.2. The maximum atomic E-state index is 5.40. The van der Waals surface area contributed by atoms with Crippen molar-refractivity contribution in [2.75, 3.05) is 40.3 Å². The van der Waals surface area contributed by atoms with Gasteiger partial charge in [-0.25, -0.2) is 0 Å². The molecule has 1 heterocycles. The van der Waals surface area contributed by atoms with Gasteiger partial charge in [0.2, 0.25) is 0 Å². The van der Waals surface area contributed by atoms with Gasteiger partial charge >= 0.3 is 0 Å². The van der Waals surface area contributed by atoms with E-state index >= 15 is 0 Å². The lowest BCUT2D eigenvalue weighted by Crippen LogP contribution is -2.46. The second kappa shape index (κ2) is 12.4. The molecule has 0 saturated carbocycles. The van der Waals surface area contributed by atoms with Crippen molar-refractivity contribution in [2.45, 2.75) is 38.6 Å². The Labute approximate surface area is 169 Å². The topological polar surface area (TPSA) is 48.9 Å². The molecule has 5 nitrogen and oxygen atoms in total. The summed E-state index contributed by atoms with van der Waals surface area (Å²) >= 11 is 0. The zero-order valence-corrected chi connectivity index (χ0v) is 18.1. The van der Waals surface area contributed by atoms with Crippen molar-refractivity contribution in [1.29, 1.82) is 0 Å². The minimum Gasteiger partial charge on any atom is -0.496 e. The summed E-state index contributed by atoms with van der Waals surface area (Å²) in [4.78, 5) is 6.93. The molecule has 0 amide bonds. The van der Waals surface area contributed by atoms with Gasteiger partial charge in [0.05, 0.1) is 7.11 Å². The Balaban J connectivity index is 0.00000312. The van der Waals surface area contributed by atoms with Gasteiger partial charge in [-0.1, -0.05) is 25.1 Å². The van der Waals surface area contributed by atoms with Gasteiger partial charge < -0.3 is 15.4 Å². The average molecular weight is 460 g/mol. The first-order valence-corrected chi connectivity index (χ1v) is 9.09. The number of hydrogen-bond acceptors (Lipinski definition) is 3. The number of aliphatic imine (C=N–C) groups is 1. The SMILES string of the molecule is CCC(CNC(=NC)NCCc1ccccc1OC)N1CCCC1.I. The van der Waals surface area contributed by atoms with E-state index in [0.717, 1.165) is 31.2 Å². The Morgan fingerprint density at radius 3 is 2.60 bits per heavy atom. The van der Waals surface area contributed by atoms with Crippen LogP contribution in [0.2, 0.25) is 0 Å². The maximum Gasteiger partial charge on any atom is 0.191 e. The number of rotatable bonds is 8. The third-order valence-corrected chi connectivity index (χ3v) is 4.74. The molecule has 1 aliphatic rings. The fourth-order valence-corrected chi connectivity index (χ4v) is 3.30. The number of ether oxygens (including phenoxy) is 1. The van der Waals surface area contributed by atoms with E-state index in [1.165, 1.54) is 37.9 Å². The van der Waals surface area contributed by atoms with E-state index in [-0.39, 0.29) is 24.0 Å². The number of nitrogens with one attached hydrogen (secondary N) is 2. The van der Waals surface area contributed by atoms with Gasteiger partial charge in [-0.2, -0.15) is 0 Å². The van der Waals surface area contributed by atoms with E-state index in [1.54, 1.807) is 7.11 Å². The lowest BCUT2D eigenvalue weighted by atomic mass is 10.1. The second-order valence-electron chi connectivity index (χ2n) is 6.25. The molecular weight excluding hydrogens is 427 g/mol. The van der Waals surface area contributed by atoms with Gasteiger partial charge in [-0.3, -0.25) is 9.89 Å². The molecule has 1 atom stereocenters. The lowest BCUT2D eigenvalue weighted by molar-refractivity contribution is 0.236. The van der Waals surface area contributed by atoms with Crippen LogP contribution in [0.4, 0.5) is 0 Å². The minimum absolute atomic E-state index is 0. The predicted octanol–water partition coefficient (Wildman–Crippen LogP) is 2.90. The Morgan fingerprint density at radius 2 is 1.96 bits per heavy atom.